The fraction of sp³-hybridized carbons (Fsp3) is 0.700. The number of aliphatic hydroxyl groups excluding tert-OH is 1. The summed E-state index contributed by atoms with van der Waals surface area (Å²) in [6.07, 6.45) is 0.996. The zero-order valence-electron chi connectivity index (χ0n) is 9.63. The second-order valence-electron chi connectivity index (χ2n) is 4.47. The molecular weight excluding hydrogens is 196 g/mol. The maximum Gasteiger partial charge on any atom is 0.330 e. The zero-order chi connectivity index (χ0) is 11.8. The predicted molar refractivity (Wildman–Crippen MR) is 62.3 cm³/mol. The highest BCUT2D eigenvalue weighted by Crippen LogP contribution is 2.09. The second-order valence-corrected chi connectivity index (χ2v) is 10.1. The SMILES string of the molecule is C=C(C)C(=O)O.C[Si](C)(C)CCCO. The van der Waals surface area contributed by atoms with Gasteiger partial charge < -0.3 is 10.2 Å². The molecule has 0 aliphatic heterocycles. The van der Waals surface area contributed by atoms with E-state index in [2.05, 4.69) is 26.2 Å². The van der Waals surface area contributed by atoms with Crippen LogP contribution in [0.1, 0.15) is 13.3 Å². The Kier molecular flexibility index (Phi) is 8.78. The van der Waals surface area contributed by atoms with Gasteiger partial charge in [0.2, 0.25) is 0 Å². The van der Waals surface area contributed by atoms with Gasteiger partial charge in [0.05, 0.1) is 0 Å². The number of rotatable bonds is 4. The number of hydrogen-bond donors (Lipinski definition) is 2. The minimum atomic E-state index is -0.935. The molecule has 0 heterocycles. The lowest BCUT2D eigenvalue weighted by Gasteiger charge is -2.13. The van der Waals surface area contributed by atoms with Gasteiger partial charge in [-0.25, -0.2) is 4.79 Å². The van der Waals surface area contributed by atoms with Crippen LogP contribution in [0.25, 0.3) is 0 Å². The first-order valence-electron chi connectivity index (χ1n) is 4.70. The standard InChI is InChI=1S/C6H16OSi.C4H6O2/c1-8(2,3)6-4-5-7;1-3(2)4(5)6/h7H,4-6H2,1-3H3;1H2,2H3,(H,5,6). The average molecular weight is 218 g/mol. The minimum Gasteiger partial charge on any atom is -0.478 e. The maximum atomic E-state index is 9.60. The van der Waals surface area contributed by atoms with Crippen molar-refractivity contribution in [3.05, 3.63) is 12.2 Å². The Morgan fingerprint density at radius 3 is 1.79 bits per heavy atom. The van der Waals surface area contributed by atoms with Gasteiger partial charge in [-0.3, -0.25) is 0 Å². The third kappa shape index (κ3) is 17.5. The number of carboxylic acid groups (broad SMARTS) is 1. The van der Waals surface area contributed by atoms with E-state index in [-0.39, 0.29) is 5.57 Å². The molecule has 0 fully saturated rings. The highest BCUT2D eigenvalue weighted by Gasteiger charge is 2.10. The molecule has 2 N–H and O–H groups in total. The van der Waals surface area contributed by atoms with E-state index >= 15 is 0 Å². The van der Waals surface area contributed by atoms with Crippen LogP contribution in [0.15, 0.2) is 12.2 Å². The van der Waals surface area contributed by atoms with Gasteiger partial charge in [0.1, 0.15) is 0 Å². The van der Waals surface area contributed by atoms with Crippen molar-refractivity contribution in [3.8, 4) is 0 Å². The number of aliphatic carboxylic acids is 1. The molecule has 0 atom stereocenters. The summed E-state index contributed by atoms with van der Waals surface area (Å²) < 4.78 is 0. The molecule has 3 nitrogen and oxygen atoms in total. The fourth-order valence-corrected chi connectivity index (χ4v) is 1.83. The monoisotopic (exact) mass is 218 g/mol. The van der Waals surface area contributed by atoms with E-state index in [1.54, 1.807) is 0 Å². The van der Waals surface area contributed by atoms with Crippen LogP contribution in [0.3, 0.4) is 0 Å². The van der Waals surface area contributed by atoms with Gasteiger partial charge >= 0.3 is 5.97 Å². The van der Waals surface area contributed by atoms with E-state index in [9.17, 15) is 4.79 Å². The van der Waals surface area contributed by atoms with Crippen LogP contribution in [-0.4, -0.2) is 30.9 Å². The molecule has 0 aliphatic carbocycles. The van der Waals surface area contributed by atoms with Crippen LogP contribution in [0.2, 0.25) is 25.7 Å². The van der Waals surface area contributed by atoms with Crippen LogP contribution in [0.5, 0.6) is 0 Å². The Hall–Kier alpha value is -0.613. The number of hydrogen-bond acceptors (Lipinski definition) is 2. The molecule has 0 unspecified atom stereocenters. The smallest absolute Gasteiger partial charge is 0.330 e. The summed E-state index contributed by atoms with van der Waals surface area (Å²) >= 11 is 0. The van der Waals surface area contributed by atoms with Crippen molar-refractivity contribution in [1.82, 2.24) is 0 Å². The second kappa shape index (κ2) is 7.76. The minimum absolute atomic E-state index is 0.176. The molecule has 0 aromatic carbocycles. The van der Waals surface area contributed by atoms with Crippen LogP contribution < -0.4 is 0 Å². The molecule has 0 aromatic heterocycles. The third-order valence-electron chi connectivity index (χ3n) is 1.45. The zero-order valence-corrected chi connectivity index (χ0v) is 10.6. The molecule has 14 heavy (non-hydrogen) atoms. The Morgan fingerprint density at radius 2 is 1.71 bits per heavy atom. The van der Waals surface area contributed by atoms with Gasteiger partial charge in [0, 0.05) is 20.3 Å². The average Bonchev–Trinajstić information content (AvgIpc) is 2.00. The molecule has 0 saturated carbocycles. The lowest BCUT2D eigenvalue weighted by atomic mass is 10.4. The van der Waals surface area contributed by atoms with Crippen molar-refractivity contribution < 1.29 is 15.0 Å². The number of aliphatic hydroxyl groups is 1. The Balaban J connectivity index is 0. The van der Waals surface area contributed by atoms with Crippen molar-refractivity contribution in [3.63, 3.8) is 0 Å². The molecule has 0 aliphatic rings. The lowest BCUT2D eigenvalue weighted by Crippen LogP contribution is -2.19. The first-order chi connectivity index (χ1) is 6.20. The van der Waals surface area contributed by atoms with Gasteiger partial charge in [0.25, 0.3) is 0 Å². The van der Waals surface area contributed by atoms with Crippen LogP contribution in [0.4, 0.5) is 0 Å². The molecule has 4 heteroatoms. The van der Waals surface area contributed by atoms with Gasteiger partial charge in [-0.05, 0) is 13.3 Å². The Morgan fingerprint density at radius 1 is 1.36 bits per heavy atom. The summed E-state index contributed by atoms with van der Waals surface area (Å²) in [4.78, 5) is 9.60. The fourth-order valence-electron chi connectivity index (χ4n) is 0.609. The van der Waals surface area contributed by atoms with Crippen molar-refractivity contribution in [2.75, 3.05) is 6.61 Å². The molecule has 0 radical (unpaired) electrons. The van der Waals surface area contributed by atoms with Gasteiger partial charge in [0.15, 0.2) is 0 Å². The molecular formula is C10H22O3Si. The first-order valence-corrected chi connectivity index (χ1v) is 8.41. The Labute approximate surface area is 87.5 Å². The molecule has 0 saturated heterocycles. The largest absolute Gasteiger partial charge is 0.478 e. The van der Waals surface area contributed by atoms with Crippen LogP contribution in [-0.2, 0) is 4.79 Å². The summed E-state index contributed by atoms with van der Waals surface area (Å²) in [6.45, 7) is 11.9. The summed E-state index contributed by atoms with van der Waals surface area (Å²) in [6, 6.07) is 1.25. The van der Waals surface area contributed by atoms with Crippen molar-refractivity contribution in [1.29, 1.82) is 0 Å². The van der Waals surface area contributed by atoms with E-state index < -0.39 is 14.0 Å². The quantitative estimate of drug-likeness (QED) is 0.562. The highest BCUT2D eigenvalue weighted by molar-refractivity contribution is 6.76. The highest BCUT2D eigenvalue weighted by atomic mass is 28.3. The molecule has 0 bridgehead atoms. The van der Waals surface area contributed by atoms with Crippen molar-refractivity contribution >= 4 is 14.0 Å². The molecule has 0 spiro atoms. The van der Waals surface area contributed by atoms with E-state index in [0.29, 0.717) is 6.61 Å². The normalized spacial score (nSPS) is 10.1. The van der Waals surface area contributed by atoms with Gasteiger partial charge in [-0.1, -0.05) is 32.3 Å². The summed E-state index contributed by atoms with van der Waals surface area (Å²) in [7, 11) is -0.838. The third-order valence-corrected chi connectivity index (χ3v) is 3.30. The van der Waals surface area contributed by atoms with Crippen LogP contribution in [0, 0.1) is 0 Å². The molecule has 0 rings (SSSR count). The molecule has 0 amide bonds. The number of carboxylic acids is 1. The lowest BCUT2D eigenvalue weighted by molar-refractivity contribution is -0.132. The summed E-state index contributed by atoms with van der Waals surface area (Å²) in [5.41, 5.74) is 0.176. The van der Waals surface area contributed by atoms with Crippen molar-refractivity contribution in [2.24, 2.45) is 0 Å². The summed E-state index contributed by atoms with van der Waals surface area (Å²) in [5, 5.41) is 16.3. The summed E-state index contributed by atoms with van der Waals surface area (Å²) in [5.74, 6) is -0.935. The van der Waals surface area contributed by atoms with E-state index in [4.69, 9.17) is 10.2 Å². The maximum absolute atomic E-state index is 9.60. The van der Waals surface area contributed by atoms with E-state index in [0.717, 1.165) is 6.42 Å². The van der Waals surface area contributed by atoms with Crippen molar-refractivity contribution in [2.45, 2.75) is 39.0 Å². The topological polar surface area (TPSA) is 57.5 Å². The molecule has 0 aromatic rings. The first kappa shape index (κ1) is 15.8. The van der Waals surface area contributed by atoms with E-state index in [1.807, 2.05) is 0 Å². The van der Waals surface area contributed by atoms with Gasteiger partial charge in [-0.15, -0.1) is 0 Å². The number of carbonyl (C=O) groups is 1. The van der Waals surface area contributed by atoms with Crippen LogP contribution >= 0.6 is 0 Å². The Bertz CT molecular complexity index is 170. The predicted octanol–water partition coefficient (Wildman–Crippen LogP) is 2.35. The van der Waals surface area contributed by atoms with E-state index in [1.165, 1.54) is 13.0 Å². The van der Waals surface area contributed by atoms with Gasteiger partial charge in [-0.2, -0.15) is 0 Å². The molecule has 84 valence electrons.